The molecule has 1 amide bonds. The Balaban J connectivity index is 1.63. The highest BCUT2D eigenvalue weighted by Gasteiger charge is 2.17. The average Bonchev–Trinajstić information content (AvgIpc) is 2.85. The summed E-state index contributed by atoms with van der Waals surface area (Å²) in [5.41, 5.74) is 1.69. The number of hydrogen-bond donors (Lipinski definition) is 1. The topological polar surface area (TPSA) is 90.3 Å². The number of carbonyl (C=O) groups is 2. The summed E-state index contributed by atoms with van der Waals surface area (Å²) < 4.78 is 6.43. The molecule has 7 heteroatoms. The van der Waals surface area contributed by atoms with Crippen LogP contribution in [0.4, 0.5) is 5.69 Å². The van der Waals surface area contributed by atoms with Gasteiger partial charge in [-0.15, -0.1) is 0 Å². The van der Waals surface area contributed by atoms with Gasteiger partial charge in [0, 0.05) is 11.1 Å². The lowest BCUT2D eigenvalue weighted by atomic mass is 10.1. The number of nitrogens with zero attached hydrogens (tertiary/aromatic N) is 2. The molecular weight excluding hydrogens is 418 g/mol. The minimum atomic E-state index is -0.450. The van der Waals surface area contributed by atoms with E-state index in [0.717, 1.165) is 12.0 Å². The maximum absolute atomic E-state index is 13.1. The number of carbonyl (C=O) groups excluding carboxylic acids is 2. The van der Waals surface area contributed by atoms with Gasteiger partial charge in [0.2, 0.25) is 0 Å². The number of ether oxygens (including phenoxy) is 1. The summed E-state index contributed by atoms with van der Waals surface area (Å²) in [6.45, 7) is 2.53. The molecule has 3 aromatic carbocycles. The van der Waals surface area contributed by atoms with Crippen molar-refractivity contribution in [2.45, 2.75) is 19.9 Å². The number of aromatic nitrogens is 2. The lowest BCUT2D eigenvalue weighted by Gasteiger charge is -2.12. The zero-order valence-electron chi connectivity index (χ0n) is 18.2. The maximum Gasteiger partial charge on any atom is 0.338 e. The zero-order chi connectivity index (χ0) is 23.2. The summed E-state index contributed by atoms with van der Waals surface area (Å²) in [7, 11) is 0. The molecule has 4 rings (SSSR count). The zero-order valence-corrected chi connectivity index (χ0v) is 18.2. The minimum Gasteiger partial charge on any atom is -0.462 e. The van der Waals surface area contributed by atoms with E-state index >= 15 is 0 Å². The Morgan fingerprint density at radius 2 is 1.58 bits per heavy atom. The fraction of sp³-hybridized carbons (Fsp3) is 0.154. The molecule has 33 heavy (non-hydrogen) atoms. The molecule has 0 saturated carbocycles. The third kappa shape index (κ3) is 4.98. The van der Waals surface area contributed by atoms with Gasteiger partial charge in [-0.05, 0) is 42.3 Å². The number of esters is 1. The fourth-order valence-electron chi connectivity index (χ4n) is 3.42. The van der Waals surface area contributed by atoms with Crippen LogP contribution < -0.4 is 10.9 Å². The van der Waals surface area contributed by atoms with E-state index in [1.165, 1.54) is 4.68 Å². The van der Waals surface area contributed by atoms with E-state index in [1.54, 1.807) is 48.5 Å². The first-order valence-electron chi connectivity index (χ1n) is 10.7. The molecular formula is C26H23N3O4. The van der Waals surface area contributed by atoms with Gasteiger partial charge in [0.1, 0.15) is 0 Å². The lowest BCUT2D eigenvalue weighted by Crippen LogP contribution is -2.28. The summed E-state index contributed by atoms with van der Waals surface area (Å²) in [5.74, 6) is -0.857. The maximum atomic E-state index is 13.1. The molecule has 0 atom stereocenters. The fourth-order valence-corrected chi connectivity index (χ4v) is 3.42. The SMILES string of the molecule is CCCOC(=O)c1ccc(NC(=O)c2nn(Cc3ccccc3)c(=O)c3ccccc23)cc1. The van der Waals surface area contributed by atoms with Crippen molar-refractivity contribution in [3.8, 4) is 0 Å². The van der Waals surface area contributed by atoms with Crippen LogP contribution in [-0.2, 0) is 11.3 Å². The molecule has 7 nitrogen and oxygen atoms in total. The van der Waals surface area contributed by atoms with Gasteiger partial charge in [-0.2, -0.15) is 5.10 Å². The van der Waals surface area contributed by atoms with E-state index in [9.17, 15) is 14.4 Å². The molecule has 0 unspecified atom stereocenters. The Hall–Kier alpha value is -4.26. The predicted octanol–water partition coefficient (Wildman–Crippen LogP) is 4.26. The van der Waals surface area contributed by atoms with E-state index < -0.39 is 11.9 Å². The predicted molar refractivity (Wildman–Crippen MR) is 127 cm³/mol. The lowest BCUT2D eigenvalue weighted by molar-refractivity contribution is 0.0505. The van der Waals surface area contributed by atoms with Crippen LogP contribution in [0, 0.1) is 0 Å². The van der Waals surface area contributed by atoms with Gasteiger partial charge in [0.25, 0.3) is 11.5 Å². The first kappa shape index (κ1) is 22.0. The van der Waals surface area contributed by atoms with Gasteiger partial charge in [-0.3, -0.25) is 9.59 Å². The minimum absolute atomic E-state index is 0.146. The number of hydrogen-bond acceptors (Lipinski definition) is 5. The highest BCUT2D eigenvalue weighted by molar-refractivity contribution is 6.11. The van der Waals surface area contributed by atoms with E-state index in [4.69, 9.17) is 4.74 Å². The van der Waals surface area contributed by atoms with Crippen molar-refractivity contribution in [1.82, 2.24) is 9.78 Å². The summed E-state index contributed by atoms with van der Waals surface area (Å²) in [4.78, 5) is 38.1. The Labute approximate surface area is 190 Å². The van der Waals surface area contributed by atoms with Crippen LogP contribution in [0.15, 0.2) is 83.7 Å². The van der Waals surface area contributed by atoms with Crippen LogP contribution in [0.3, 0.4) is 0 Å². The van der Waals surface area contributed by atoms with Crippen molar-refractivity contribution in [2.24, 2.45) is 0 Å². The quantitative estimate of drug-likeness (QED) is 0.433. The Kier molecular flexibility index (Phi) is 6.59. The molecule has 0 fully saturated rings. The number of benzene rings is 3. The van der Waals surface area contributed by atoms with Crippen molar-refractivity contribution in [3.63, 3.8) is 0 Å². The van der Waals surface area contributed by atoms with Crippen LogP contribution in [0.2, 0.25) is 0 Å². The summed E-state index contributed by atoms with van der Waals surface area (Å²) in [5, 5.41) is 8.09. The Morgan fingerprint density at radius 1 is 0.909 bits per heavy atom. The van der Waals surface area contributed by atoms with Gasteiger partial charge < -0.3 is 10.1 Å². The molecule has 4 aromatic rings. The molecule has 0 spiro atoms. The second-order valence-electron chi connectivity index (χ2n) is 7.51. The summed E-state index contributed by atoms with van der Waals surface area (Å²) in [6, 6.07) is 22.8. The molecule has 1 heterocycles. The van der Waals surface area contributed by atoms with E-state index in [0.29, 0.717) is 28.6 Å². The first-order valence-corrected chi connectivity index (χ1v) is 10.7. The van der Waals surface area contributed by atoms with Crippen LogP contribution >= 0.6 is 0 Å². The van der Waals surface area contributed by atoms with Crippen LogP contribution in [0.25, 0.3) is 10.8 Å². The molecule has 0 aliphatic rings. The number of rotatable bonds is 7. The van der Waals surface area contributed by atoms with Crippen LogP contribution in [-0.4, -0.2) is 28.3 Å². The monoisotopic (exact) mass is 441 g/mol. The van der Waals surface area contributed by atoms with E-state index in [1.807, 2.05) is 37.3 Å². The molecule has 1 N–H and O–H groups in total. The molecule has 0 bridgehead atoms. The van der Waals surface area contributed by atoms with Crippen molar-refractivity contribution in [3.05, 3.63) is 106 Å². The number of fused-ring (bicyclic) bond motifs is 1. The molecule has 0 aliphatic carbocycles. The van der Waals surface area contributed by atoms with Crippen LogP contribution in [0.5, 0.6) is 0 Å². The van der Waals surface area contributed by atoms with Gasteiger partial charge in [-0.1, -0.05) is 55.5 Å². The first-order chi connectivity index (χ1) is 16.1. The molecule has 0 saturated heterocycles. The molecule has 0 radical (unpaired) electrons. The standard InChI is InChI=1S/C26H23N3O4/c1-2-16-33-26(32)19-12-14-20(15-13-19)27-24(30)23-21-10-6-7-11-22(21)25(31)29(28-23)17-18-8-4-3-5-9-18/h3-15H,2,16-17H2,1H3,(H,27,30). The van der Waals surface area contributed by atoms with Gasteiger partial charge in [0.05, 0.1) is 24.1 Å². The largest absolute Gasteiger partial charge is 0.462 e. The highest BCUT2D eigenvalue weighted by Crippen LogP contribution is 2.17. The van der Waals surface area contributed by atoms with Crippen molar-refractivity contribution < 1.29 is 14.3 Å². The van der Waals surface area contributed by atoms with Crippen LogP contribution in [0.1, 0.15) is 39.8 Å². The third-order valence-electron chi connectivity index (χ3n) is 5.07. The Morgan fingerprint density at radius 3 is 2.27 bits per heavy atom. The number of amides is 1. The molecule has 166 valence electrons. The van der Waals surface area contributed by atoms with Crippen molar-refractivity contribution in [2.75, 3.05) is 11.9 Å². The normalized spacial score (nSPS) is 10.7. The highest BCUT2D eigenvalue weighted by atomic mass is 16.5. The number of nitrogens with one attached hydrogen (secondary N) is 1. The average molecular weight is 441 g/mol. The van der Waals surface area contributed by atoms with Gasteiger partial charge >= 0.3 is 5.97 Å². The van der Waals surface area contributed by atoms with Crippen molar-refractivity contribution >= 4 is 28.3 Å². The summed E-state index contributed by atoms with van der Waals surface area (Å²) >= 11 is 0. The third-order valence-corrected chi connectivity index (χ3v) is 5.07. The molecule has 1 aromatic heterocycles. The second-order valence-corrected chi connectivity index (χ2v) is 7.51. The number of anilines is 1. The summed E-state index contributed by atoms with van der Waals surface area (Å²) in [6.07, 6.45) is 0.743. The van der Waals surface area contributed by atoms with Crippen molar-refractivity contribution in [1.29, 1.82) is 0 Å². The van der Waals surface area contributed by atoms with Gasteiger partial charge in [0.15, 0.2) is 5.69 Å². The van der Waals surface area contributed by atoms with Gasteiger partial charge in [-0.25, -0.2) is 9.48 Å². The second kappa shape index (κ2) is 9.91. The Bertz CT molecular complexity index is 1350. The van der Waals surface area contributed by atoms with E-state index in [2.05, 4.69) is 10.4 Å². The van der Waals surface area contributed by atoms with E-state index in [-0.39, 0.29) is 17.8 Å². The smallest absolute Gasteiger partial charge is 0.338 e. The molecule has 0 aliphatic heterocycles.